The van der Waals surface area contributed by atoms with Crippen LogP contribution in [0, 0.1) is 11.7 Å². The van der Waals surface area contributed by atoms with E-state index in [0.29, 0.717) is 32.5 Å². The minimum atomic E-state index is -3.68. The Hall–Kier alpha value is -2.32. The van der Waals surface area contributed by atoms with E-state index in [-0.39, 0.29) is 23.1 Å². The molecule has 1 amide bonds. The van der Waals surface area contributed by atoms with Crippen molar-refractivity contribution < 1.29 is 17.6 Å². The van der Waals surface area contributed by atoms with Crippen LogP contribution in [0.4, 0.5) is 4.39 Å². The monoisotopic (exact) mass is 391 g/mol. The van der Waals surface area contributed by atoms with Gasteiger partial charge in [-0.05, 0) is 48.6 Å². The van der Waals surface area contributed by atoms with Gasteiger partial charge in [-0.25, -0.2) is 12.8 Å². The van der Waals surface area contributed by atoms with Gasteiger partial charge in [0.15, 0.2) is 0 Å². The third-order valence-corrected chi connectivity index (χ3v) is 6.58. The van der Waals surface area contributed by atoms with Gasteiger partial charge in [-0.15, -0.1) is 0 Å². The van der Waals surface area contributed by atoms with Crippen molar-refractivity contribution >= 4 is 15.9 Å². The number of hydrogen-bond acceptors (Lipinski definition) is 4. The van der Waals surface area contributed by atoms with Crippen LogP contribution in [0.3, 0.4) is 0 Å². The number of aromatic nitrogens is 1. The number of rotatable bonds is 6. The number of nitrogens with zero attached hydrogens (tertiary/aromatic N) is 2. The van der Waals surface area contributed by atoms with Crippen LogP contribution in [0.15, 0.2) is 53.7 Å². The average molecular weight is 391 g/mol. The summed E-state index contributed by atoms with van der Waals surface area (Å²) in [5, 5.41) is 2.91. The summed E-state index contributed by atoms with van der Waals surface area (Å²) in [6.07, 6.45) is 4.91. The van der Waals surface area contributed by atoms with E-state index < -0.39 is 15.8 Å². The first-order valence-electron chi connectivity index (χ1n) is 8.86. The van der Waals surface area contributed by atoms with Crippen LogP contribution in [-0.2, 0) is 21.2 Å². The fraction of sp³-hybridized carbons (Fsp3) is 0.368. The molecule has 0 spiro atoms. The standard InChI is InChI=1S/C19H22FN3O3S/c20-17-4-1-5-18(12-17)27(25,26)23-9-6-15(7-10-23)14-22-19(24)11-16-3-2-8-21-13-16/h1-5,8,12-13,15H,6-7,9-11,14H2,(H,22,24). The van der Waals surface area contributed by atoms with Crippen LogP contribution in [0.25, 0.3) is 0 Å². The smallest absolute Gasteiger partial charge is 0.243 e. The lowest BCUT2D eigenvalue weighted by Gasteiger charge is -2.31. The van der Waals surface area contributed by atoms with Crippen LogP contribution in [0.1, 0.15) is 18.4 Å². The number of piperidine rings is 1. The van der Waals surface area contributed by atoms with Gasteiger partial charge in [0.2, 0.25) is 15.9 Å². The Labute approximate surface area is 158 Å². The minimum absolute atomic E-state index is 0.0225. The van der Waals surface area contributed by atoms with E-state index in [4.69, 9.17) is 0 Å². The number of nitrogens with one attached hydrogen (secondary N) is 1. The number of carbonyl (C=O) groups excluding carboxylic acids is 1. The van der Waals surface area contributed by atoms with Crippen LogP contribution in [0.5, 0.6) is 0 Å². The molecular formula is C19H22FN3O3S. The molecule has 2 heterocycles. The first-order valence-corrected chi connectivity index (χ1v) is 10.3. The number of amides is 1. The first-order chi connectivity index (χ1) is 12.9. The molecule has 1 N–H and O–H groups in total. The molecule has 0 bridgehead atoms. The van der Waals surface area contributed by atoms with Crippen molar-refractivity contribution in [2.45, 2.75) is 24.2 Å². The van der Waals surface area contributed by atoms with Crippen molar-refractivity contribution in [3.8, 4) is 0 Å². The highest BCUT2D eigenvalue weighted by atomic mass is 32.2. The van der Waals surface area contributed by atoms with E-state index in [1.165, 1.54) is 22.5 Å². The third-order valence-electron chi connectivity index (χ3n) is 4.68. The molecule has 0 aliphatic carbocycles. The average Bonchev–Trinajstić information content (AvgIpc) is 2.67. The maximum Gasteiger partial charge on any atom is 0.243 e. The lowest BCUT2D eigenvalue weighted by atomic mass is 9.98. The predicted molar refractivity (Wildman–Crippen MR) is 98.8 cm³/mol. The highest BCUT2D eigenvalue weighted by Gasteiger charge is 2.29. The highest BCUT2D eigenvalue weighted by Crippen LogP contribution is 2.23. The van der Waals surface area contributed by atoms with Gasteiger partial charge in [0.25, 0.3) is 0 Å². The lowest BCUT2D eigenvalue weighted by molar-refractivity contribution is -0.120. The number of benzene rings is 1. The Morgan fingerprint density at radius 2 is 2.00 bits per heavy atom. The Bertz CT molecular complexity index is 882. The fourth-order valence-electron chi connectivity index (χ4n) is 3.14. The zero-order valence-electron chi connectivity index (χ0n) is 14.8. The maximum atomic E-state index is 13.3. The molecule has 144 valence electrons. The highest BCUT2D eigenvalue weighted by molar-refractivity contribution is 7.89. The van der Waals surface area contributed by atoms with Crippen molar-refractivity contribution in [3.05, 3.63) is 60.2 Å². The summed E-state index contributed by atoms with van der Waals surface area (Å²) < 4.78 is 39.9. The molecular weight excluding hydrogens is 369 g/mol. The van der Waals surface area contributed by atoms with Gasteiger partial charge >= 0.3 is 0 Å². The molecule has 8 heteroatoms. The molecule has 6 nitrogen and oxygen atoms in total. The number of sulfonamides is 1. The molecule has 1 saturated heterocycles. The first kappa shape index (κ1) is 19.4. The molecule has 1 fully saturated rings. The molecule has 1 aliphatic heterocycles. The van der Waals surface area contributed by atoms with Gasteiger partial charge < -0.3 is 5.32 Å². The third kappa shape index (κ3) is 5.11. The summed E-state index contributed by atoms with van der Waals surface area (Å²) in [6, 6.07) is 8.70. The van der Waals surface area contributed by atoms with E-state index in [9.17, 15) is 17.6 Å². The lowest BCUT2D eigenvalue weighted by Crippen LogP contribution is -2.41. The van der Waals surface area contributed by atoms with Gasteiger partial charge in [0.1, 0.15) is 5.82 Å². The van der Waals surface area contributed by atoms with Gasteiger partial charge in [-0.3, -0.25) is 9.78 Å². The van der Waals surface area contributed by atoms with Crippen LogP contribution in [0.2, 0.25) is 0 Å². The molecule has 1 aromatic carbocycles. The molecule has 0 radical (unpaired) electrons. The zero-order chi connectivity index (χ0) is 19.3. The molecule has 0 saturated carbocycles. The zero-order valence-corrected chi connectivity index (χ0v) is 15.7. The molecule has 0 atom stereocenters. The van der Waals surface area contributed by atoms with Gasteiger partial charge in [-0.1, -0.05) is 12.1 Å². The normalized spacial score (nSPS) is 16.2. The van der Waals surface area contributed by atoms with E-state index in [1.54, 1.807) is 18.5 Å². The molecule has 1 aromatic heterocycles. The summed E-state index contributed by atoms with van der Waals surface area (Å²) in [7, 11) is -3.68. The second kappa shape index (κ2) is 8.58. The summed E-state index contributed by atoms with van der Waals surface area (Å²) in [5.74, 6) is -0.415. The van der Waals surface area contributed by atoms with Crippen molar-refractivity contribution in [1.82, 2.24) is 14.6 Å². The molecule has 2 aromatic rings. The summed E-state index contributed by atoms with van der Waals surface area (Å²) in [6.45, 7) is 1.25. The predicted octanol–water partition coefficient (Wildman–Crippen LogP) is 1.98. The van der Waals surface area contributed by atoms with E-state index in [0.717, 1.165) is 11.6 Å². The second-order valence-corrected chi connectivity index (χ2v) is 8.58. The maximum absolute atomic E-state index is 13.3. The molecule has 27 heavy (non-hydrogen) atoms. The Morgan fingerprint density at radius 3 is 2.67 bits per heavy atom. The summed E-state index contributed by atoms with van der Waals surface area (Å²) in [4.78, 5) is 16.0. The van der Waals surface area contributed by atoms with Crippen LogP contribution >= 0.6 is 0 Å². The number of carbonyl (C=O) groups is 1. The molecule has 3 rings (SSSR count). The topological polar surface area (TPSA) is 79.4 Å². The molecule has 1 aliphatic rings. The van der Waals surface area contributed by atoms with Gasteiger partial charge in [-0.2, -0.15) is 4.31 Å². The van der Waals surface area contributed by atoms with E-state index in [2.05, 4.69) is 10.3 Å². The van der Waals surface area contributed by atoms with Crippen LogP contribution in [-0.4, -0.2) is 43.2 Å². The summed E-state index contributed by atoms with van der Waals surface area (Å²) in [5.41, 5.74) is 0.853. The fourth-order valence-corrected chi connectivity index (χ4v) is 4.64. The van der Waals surface area contributed by atoms with Crippen molar-refractivity contribution in [1.29, 1.82) is 0 Å². The second-order valence-electron chi connectivity index (χ2n) is 6.65. The largest absolute Gasteiger partial charge is 0.356 e. The van der Waals surface area contributed by atoms with Crippen LogP contribution < -0.4 is 5.32 Å². The number of pyridine rings is 1. The van der Waals surface area contributed by atoms with Crippen molar-refractivity contribution in [2.24, 2.45) is 5.92 Å². The van der Waals surface area contributed by atoms with Crippen molar-refractivity contribution in [3.63, 3.8) is 0 Å². The number of halogens is 1. The SMILES string of the molecule is O=C(Cc1cccnc1)NCC1CCN(S(=O)(=O)c2cccc(F)c2)CC1. The van der Waals surface area contributed by atoms with Gasteiger partial charge in [0, 0.05) is 32.0 Å². The van der Waals surface area contributed by atoms with E-state index in [1.807, 2.05) is 6.07 Å². The minimum Gasteiger partial charge on any atom is -0.356 e. The van der Waals surface area contributed by atoms with Crippen molar-refractivity contribution in [2.75, 3.05) is 19.6 Å². The Morgan fingerprint density at radius 1 is 1.22 bits per heavy atom. The Balaban J connectivity index is 1.48. The quantitative estimate of drug-likeness (QED) is 0.817. The number of hydrogen-bond donors (Lipinski definition) is 1. The van der Waals surface area contributed by atoms with Gasteiger partial charge in [0.05, 0.1) is 11.3 Å². The Kier molecular flexibility index (Phi) is 6.18. The summed E-state index contributed by atoms with van der Waals surface area (Å²) >= 11 is 0. The molecule has 0 unspecified atom stereocenters. The van der Waals surface area contributed by atoms with E-state index >= 15 is 0 Å².